The lowest BCUT2D eigenvalue weighted by atomic mass is 10.0. The van der Waals surface area contributed by atoms with Gasteiger partial charge < -0.3 is 19.0 Å². The summed E-state index contributed by atoms with van der Waals surface area (Å²) >= 11 is 0. The van der Waals surface area contributed by atoms with Gasteiger partial charge >= 0.3 is 0 Å². The summed E-state index contributed by atoms with van der Waals surface area (Å²) in [7, 11) is -0.268. The lowest BCUT2D eigenvalue weighted by Crippen LogP contribution is -2.48. The molecule has 0 aliphatic carbocycles. The van der Waals surface area contributed by atoms with Crippen molar-refractivity contribution < 1.29 is 19.0 Å². The molecule has 0 saturated heterocycles. The van der Waals surface area contributed by atoms with Crippen LogP contribution in [-0.2, 0) is 15.8 Å². The zero-order chi connectivity index (χ0) is 22.9. The largest absolute Gasteiger partial charge is 0.497 e. The summed E-state index contributed by atoms with van der Waals surface area (Å²) < 4.78 is 17.9. The van der Waals surface area contributed by atoms with E-state index in [1.807, 2.05) is 31.2 Å². The first kappa shape index (κ1) is 26.9. The highest BCUT2D eigenvalue weighted by atomic mass is 28.4. The molecule has 0 bridgehead atoms. The zero-order valence-corrected chi connectivity index (χ0v) is 21.4. The van der Waals surface area contributed by atoms with Gasteiger partial charge in [0.15, 0.2) is 8.32 Å². The van der Waals surface area contributed by atoms with Gasteiger partial charge in [-0.1, -0.05) is 59.2 Å². The van der Waals surface area contributed by atoms with Gasteiger partial charge in [-0.25, -0.2) is 0 Å². The molecule has 2 atom stereocenters. The first-order valence-corrected chi connectivity index (χ1v) is 13.4. The smallest absolute Gasteiger partial charge is 0.200 e. The number of rotatable bonds is 14. The Labute approximate surface area is 185 Å². The summed E-state index contributed by atoms with van der Waals surface area (Å²) in [6.07, 6.45) is 0.333. The fourth-order valence-electron chi connectivity index (χ4n) is 4.62. The molecule has 4 nitrogen and oxygen atoms in total. The SMILES string of the molecule is C=C(C)C[C@H](OCc1ccc(OC)cc1)[C@H](O)CCO[Si](C(C)C)(C(C)C)C(C)C. The lowest BCUT2D eigenvalue weighted by molar-refractivity contribution is -0.0520. The van der Waals surface area contributed by atoms with Crippen molar-refractivity contribution in [3.63, 3.8) is 0 Å². The van der Waals surface area contributed by atoms with Crippen molar-refractivity contribution in [2.75, 3.05) is 13.7 Å². The topological polar surface area (TPSA) is 47.9 Å². The molecular weight excluding hydrogens is 392 g/mol. The summed E-state index contributed by atoms with van der Waals surface area (Å²) in [5.41, 5.74) is 3.66. The maximum absolute atomic E-state index is 10.9. The van der Waals surface area contributed by atoms with E-state index in [9.17, 15) is 5.11 Å². The van der Waals surface area contributed by atoms with E-state index < -0.39 is 14.4 Å². The molecule has 0 aromatic heterocycles. The van der Waals surface area contributed by atoms with Crippen molar-refractivity contribution in [3.05, 3.63) is 42.0 Å². The molecule has 1 N–H and O–H groups in total. The highest BCUT2D eigenvalue weighted by molar-refractivity contribution is 6.77. The molecular formula is C25H44O4Si. The minimum Gasteiger partial charge on any atom is -0.497 e. The van der Waals surface area contributed by atoms with Crippen LogP contribution in [0.2, 0.25) is 16.6 Å². The van der Waals surface area contributed by atoms with Crippen molar-refractivity contribution in [3.8, 4) is 5.75 Å². The predicted molar refractivity (Wildman–Crippen MR) is 129 cm³/mol. The second-order valence-electron chi connectivity index (χ2n) is 9.38. The Bertz CT molecular complexity index is 603. The molecule has 30 heavy (non-hydrogen) atoms. The minimum atomic E-state index is -1.92. The number of aliphatic hydroxyl groups is 1. The Kier molecular flexibility index (Phi) is 11.3. The van der Waals surface area contributed by atoms with Crippen LogP contribution in [0.25, 0.3) is 0 Å². The second-order valence-corrected chi connectivity index (χ2v) is 14.8. The van der Waals surface area contributed by atoms with Crippen LogP contribution < -0.4 is 4.74 Å². The van der Waals surface area contributed by atoms with Gasteiger partial charge in [0.2, 0.25) is 0 Å². The van der Waals surface area contributed by atoms with Gasteiger partial charge in [-0.05, 0) is 54.1 Å². The first-order chi connectivity index (χ1) is 14.0. The van der Waals surface area contributed by atoms with Gasteiger partial charge in [0.25, 0.3) is 0 Å². The molecule has 1 rings (SSSR count). The quantitative estimate of drug-likeness (QED) is 0.267. The number of hydrogen-bond donors (Lipinski definition) is 1. The van der Waals surface area contributed by atoms with Gasteiger partial charge in [-0.3, -0.25) is 0 Å². The zero-order valence-electron chi connectivity index (χ0n) is 20.4. The number of benzene rings is 1. The van der Waals surface area contributed by atoms with E-state index in [4.69, 9.17) is 13.9 Å². The lowest BCUT2D eigenvalue weighted by Gasteiger charge is -2.42. The maximum Gasteiger partial charge on any atom is 0.200 e. The third-order valence-electron chi connectivity index (χ3n) is 6.07. The normalized spacial score (nSPS) is 14.4. The molecule has 0 amide bonds. The van der Waals surface area contributed by atoms with Crippen molar-refractivity contribution >= 4 is 8.32 Å². The fraction of sp³-hybridized carbons (Fsp3) is 0.680. The molecule has 1 aromatic rings. The van der Waals surface area contributed by atoms with E-state index in [-0.39, 0.29) is 6.10 Å². The summed E-state index contributed by atoms with van der Waals surface area (Å²) in [5, 5.41) is 10.9. The fourth-order valence-corrected chi connectivity index (χ4v) is 10.1. The predicted octanol–water partition coefficient (Wildman–Crippen LogP) is 6.49. The van der Waals surface area contributed by atoms with Crippen LogP contribution in [0.4, 0.5) is 0 Å². The van der Waals surface area contributed by atoms with Crippen LogP contribution >= 0.6 is 0 Å². The van der Waals surface area contributed by atoms with Crippen molar-refractivity contribution in [1.82, 2.24) is 0 Å². The van der Waals surface area contributed by atoms with Crippen molar-refractivity contribution in [1.29, 1.82) is 0 Å². The summed E-state index contributed by atoms with van der Waals surface area (Å²) in [5.74, 6) is 0.822. The summed E-state index contributed by atoms with van der Waals surface area (Å²) in [6, 6.07) is 7.81. The third-order valence-corrected chi connectivity index (χ3v) is 12.2. The standard InChI is InChI=1S/C25H44O4Si/c1-18(2)16-25(28-17-22-10-12-23(27-9)13-11-22)24(26)14-15-29-30(19(3)4,20(5)6)21(7)8/h10-13,19-21,24-26H,1,14-17H2,2-9H3/t24-,25+/m1/s1. The van der Waals surface area contributed by atoms with Gasteiger partial charge in [0, 0.05) is 6.61 Å². The van der Waals surface area contributed by atoms with E-state index in [1.54, 1.807) is 7.11 Å². The van der Waals surface area contributed by atoms with E-state index >= 15 is 0 Å². The molecule has 0 spiro atoms. The molecule has 0 aliphatic rings. The minimum absolute atomic E-state index is 0.290. The molecule has 5 heteroatoms. The maximum atomic E-state index is 10.9. The van der Waals surface area contributed by atoms with E-state index in [2.05, 4.69) is 48.1 Å². The molecule has 1 aromatic carbocycles. The summed E-state index contributed by atoms with van der Waals surface area (Å²) in [6.45, 7) is 20.7. The van der Waals surface area contributed by atoms with Crippen LogP contribution in [0.5, 0.6) is 5.75 Å². The second kappa shape index (κ2) is 12.6. The Morgan fingerprint density at radius 3 is 1.97 bits per heavy atom. The molecule has 0 fully saturated rings. The number of hydrogen-bond acceptors (Lipinski definition) is 4. The number of ether oxygens (including phenoxy) is 2. The van der Waals surface area contributed by atoms with Crippen LogP contribution in [0.1, 0.15) is 66.9 Å². The Morgan fingerprint density at radius 1 is 1.00 bits per heavy atom. The Hall–Kier alpha value is -1.14. The van der Waals surface area contributed by atoms with Crippen molar-refractivity contribution in [2.45, 2.75) is 96.7 Å². The molecule has 0 heterocycles. The van der Waals surface area contributed by atoms with Crippen LogP contribution in [0, 0.1) is 0 Å². The highest BCUT2D eigenvalue weighted by Crippen LogP contribution is 2.42. The van der Waals surface area contributed by atoms with E-state index in [1.165, 1.54) is 0 Å². The van der Waals surface area contributed by atoms with Gasteiger partial charge in [0.1, 0.15) is 5.75 Å². The Morgan fingerprint density at radius 2 is 1.53 bits per heavy atom. The van der Waals surface area contributed by atoms with Gasteiger partial charge in [-0.2, -0.15) is 0 Å². The number of methoxy groups -OCH3 is 1. The molecule has 0 saturated carbocycles. The van der Waals surface area contributed by atoms with Crippen LogP contribution in [0.3, 0.4) is 0 Å². The average molecular weight is 437 g/mol. The molecule has 0 radical (unpaired) electrons. The van der Waals surface area contributed by atoms with Gasteiger partial charge in [-0.15, -0.1) is 6.58 Å². The van der Waals surface area contributed by atoms with Gasteiger partial charge in [0.05, 0.1) is 25.9 Å². The number of aliphatic hydroxyl groups excluding tert-OH is 1. The monoisotopic (exact) mass is 436 g/mol. The van der Waals surface area contributed by atoms with Crippen molar-refractivity contribution in [2.24, 2.45) is 0 Å². The first-order valence-electron chi connectivity index (χ1n) is 11.2. The van der Waals surface area contributed by atoms with Crippen LogP contribution in [0.15, 0.2) is 36.4 Å². The Balaban J connectivity index is 2.73. The van der Waals surface area contributed by atoms with E-state index in [0.29, 0.717) is 42.7 Å². The highest BCUT2D eigenvalue weighted by Gasteiger charge is 2.45. The van der Waals surface area contributed by atoms with E-state index in [0.717, 1.165) is 16.9 Å². The third kappa shape index (κ3) is 7.52. The molecule has 0 aliphatic heterocycles. The summed E-state index contributed by atoms with van der Waals surface area (Å²) in [4.78, 5) is 0. The average Bonchev–Trinajstić information content (AvgIpc) is 2.67. The van der Waals surface area contributed by atoms with Crippen LogP contribution in [-0.4, -0.2) is 39.3 Å². The molecule has 172 valence electrons. The molecule has 0 unspecified atom stereocenters.